The highest BCUT2D eigenvalue weighted by atomic mass is 16.6. The minimum absolute atomic E-state index is 0.0174. The number of hydrogen-bond donors (Lipinski definition) is 0. The van der Waals surface area contributed by atoms with Gasteiger partial charge < -0.3 is 19.0 Å². The maximum Gasteiger partial charge on any atom is 0.306 e. The number of para-hydroxylation sites is 1. The Bertz CT molecular complexity index is 402. The molecule has 0 spiro atoms. The number of esters is 1. The maximum absolute atomic E-state index is 11.2. The Morgan fingerprint density at radius 2 is 1.65 bits per heavy atom. The number of Topliss-reactive ketones (excluding diaryl/α,β-unsaturated/α-hetero) is 1. The zero-order valence-corrected chi connectivity index (χ0v) is 11.7. The summed E-state index contributed by atoms with van der Waals surface area (Å²) >= 11 is 0. The topological polar surface area (TPSA) is 61.8 Å². The summed E-state index contributed by atoms with van der Waals surface area (Å²) in [5.41, 5.74) is 0. The molecular weight excluding hydrogens is 260 g/mol. The number of rotatable bonds is 10. The maximum atomic E-state index is 11.2. The van der Waals surface area contributed by atoms with Crippen LogP contribution in [0.25, 0.3) is 0 Å². The number of ketones is 1. The summed E-state index contributed by atoms with van der Waals surface area (Å²) < 4.78 is 15.6. The van der Waals surface area contributed by atoms with Crippen LogP contribution in [0.4, 0.5) is 0 Å². The van der Waals surface area contributed by atoms with E-state index < -0.39 is 0 Å². The second-order valence-electron chi connectivity index (χ2n) is 4.20. The lowest BCUT2D eigenvalue weighted by Crippen LogP contribution is -2.14. The third kappa shape index (κ3) is 8.26. The summed E-state index contributed by atoms with van der Waals surface area (Å²) in [5, 5.41) is 0. The number of benzene rings is 1. The monoisotopic (exact) mass is 280 g/mol. The second kappa shape index (κ2) is 9.97. The molecule has 0 aliphatic carbocycles. The molecule has 5 nitrogen and oxygen atoms in total. The molecule has 1 aromatic rings. The average Bonchev–Trinajstić information content (AvgIpc) is 2.45. The van der Waals surface area contributed by atoms with Crippen LogP contribution in [0.15, 0.2) is 30.3 Å². The van der Waals surface area contributed by atoms with Crippen molar-refractivity contribution in [2.24, 2.45) is 0 Å². The zero-order valence-electron chi connectivity index (χ0n) is 11.7. The smallest absolute Gasteiger partial charge is 0.306 e. The lowest BCUT2D eigenvalue weighted by molar-refractivity contribution is -0.146. The molecule has 5 heteroatoms. The number of carbonyl (C=O) groups is 2. The number of carbonyl (C=O) groups excluding carboxylic acids is 2. The van der Waals surface area contributed by atoms with Crippen LogP contribution < -0.4 is 4.74 Å². The van der Waals surface area contributed by atoms with E-state index in [-0.39, 0.29) is 31.2 Å². The van der Waals surface area contributed by atoms with Gasteiger partial charge in [-0.05, 0) is 19.1 Å². The van der Waals surface area contributed by atoms with Crippen molar-refractivity contribution in [3.8, 4) is 5.75 Å². The third-order valence-corrected chi connectivity index (χ3v) is 2.41. The van der Waals surface area contributed by atoms with Crippen molar-refractivity contribution in [1.29, 1.82) is 0 Å². The molecule has 1 aromatic carbocycles. The predicted molar refractivity (Wildman–Crippen MR) is 73.6 cm³/mol. The molecule has 110 valence electrons. The van der Waals surface area contributed by atoms with Gasteiger partial charge in [-0.25, -0.2) is 0 Å². The van der Waals surface area contributed by atoms with Crippen molar-refractivity contribution < 1.29 is 23.8 Å². The van der Waals surface area contributed by atoms with E-state index in [4.69, 9.17) is 14.2 Å². The quantitative estimate of drug-likeness (QED) is 0.484. The standard InChI is InChI=1S/C15H20O5/c1-13(16)7-8-15(17)20-12-10-18-9-11-19-14-5-3-2-4-6-14/h2-6H,7-12H2,1H3. The van der Waals surface area contributed by atoms with Gasteiger partial charge in [0.25, 0.3) is 0 Å². The lowest BCUT2D eigenvalue weighted by Gasteiger charge is -2.07. The van der Waals surface area contributed by atoms with Gasteiger partial charge >= 0.3 is 5.97 Å². The van der Waals surface area contributed by atoms with Gasteiger partial charge in [-0.15, -0.1) is 0 Å². The first-order valence-corrected chi connectivity index (χ1v) is 6.59. The first kappa shape index (κ1) is 16.2. The Labute approximate surface area is 118 Å². The summed E-state index contributed by atoms with van der Waals surface area (Å²) in [6, 6.07) is 9.46. The van der Waals surface area contributed by atoms with Gasteiger partial charge in [0.05, 0.1) is 19.6 Å². The Morgan fingerprint density at radius 1 is 0.950 bits per heavy atom. The Balaban J connectivity index is 1.92. The molecule has 1 rings (SSSR count). The Hall–Kier alpha value is -1.88. The first-order valence-electron chi connectivity index (χ1n) is 6.59. The van der Waals surface area contributed by atoms with E-state index in [0.29, 0.717) is 19.8 Å². The summed E-state index contributed by atoms with van der Waals surface area (Å²) in [7, 11) is 0. The van der Waals surface area contributed by atoms with Gasteiger partial charge in [0.15, 0.2) is 0 Å². The Morgan fingerprint density at radius 3 is 2.35 bits per heavy atom. The van der Waals surface area contributed by atoms with Crippen molar-refractivity contribution in [1.82, 2.24) is 0 Å². The van der Waals surface area contributed by atoms with E-state index in [9.17, 15) is 9.59 Å². The van der Waals surface area contributed by atoms with E-state index in [0.717, 1.165) is 5.75 Å². The van der Waals surface area contributed by atoms with E-state index in [1.165, 1.54) is 6.92 Å². The van der Waals surface area contributed by atoms with Crippen LogP contribution in [0.3, 0.4) is 0 Å². The van der Waals surface area contributed by atoms with Gasteiger partial charge in [0.1, 0.15) is 24.7 Å². The molecule has 0 N–H and O–H groups in total. The number of hydrogen-bond acceptors (Lipinski definition) is 5. The molecule has 0 heterocycles. The fraction of sp³-hybridized carbons (Fsp3) is 0.467. The molecule has 0 aromatic heterocycles. The molecule has 0 aliphatic heterocycles. The van der Waals surface area contributed by atoms with Crippen molar-refractivity contribution in [3.63, 3.8) is 0 Å². The molecule has 0 fully saturated rings. The highest BCUT2D eigenvalue weighted by Gasteiger charge is 2.04. The predicted octanol–water partition coefficient (Wildman–Crippen LogP) is 1.99. The van der Waals surface area contributed by atoms with E-state index in [2.05, 4.69) is 0 Å². The summed E-state index contributed by atoms with van der Waals surface area (Å²) in [5.74, 6) is 0.410. The van der Waals surface area contributed by atoms with E-state index >= 15 is 0 Å². The van der Waals surface area contributed by atoms with Gasteiger partial charge in [0.2, 0.25) is 0 Å². The second-order valence-corrected chi connectivity index (χ2v) is 4.20. The van der Waals surface area contributed by atoms with Crippen LogP contribution in [0.1, 0.15) is 19.8 Å². The normalized spacial score (nSPS) is 10.1. The third-order valence-electron chi connectivity index (χ3n) is 2.41. The van der Waals surface area contributed by atoms with Crippen LogP contribution in [-0.4, -0.2) is 38.2 Å². The van der Waals surface area contributed by atoms with Crippen LogP contribution in [0, 0.1) is 0 Å². The van der Waals surface area contributed by atoms with Gasteiger partial charge in [0, 0.05) is 6.42 Å². The minimum atomic E-state index is -0.371. The first-order chi connectivity index (χ1) is 9.68. The molecule has 0 bridgehead atoms. The summed E-state index contributed by atoms with van der Waals surface area (Å²) in [4.78, 5) is 21.8. The molecule has 0 saturated heterocycles. The van der Waals surface area contributed by atoms with Crippen molar-refractivity contribution in [2.45, 2.75) is 19.8 Å². The minimum Gasteiger partial charge on any atom is -0.491 e. The van der Waals surface area contributed by atoms with Crippen molar-refractivity contribution in [2.75, 3.05) is 26.4 Å². The van der Waals surface area contributed by atoms with Crippen LogP contribution in [0.5, 0.6) is 5.75 Å². The molecule has 0 unspecified atom stereocenters. The molecular formula is C15H20O5. The van der Waals surface area contributed by atoms with Crippen LogP contribution >= 0.6 is 0 Å². The van der Waals surface area contributed by atoms with Crippen molar-refractivity contribution >= 4 is 11.8 Å². The average molecular weight is 280 g/mol. The highest BCUT2D eigenvalue weighted by molar-refractivity contribution is 5.80. The Kier molecular flexibility index (Phi) is 8.07. The fourth-order valence-electron chi connectivity index (χ4n) is 1.40. The van der Waals surface area contributed by atoms with E-state index in [1.807, 2.05) is 30.3 Å². The molecule has 0 amide bonds. The molecule has 0 saturated carbocycles. The number of ether oxygens (including phenoxy) is 3. The van der Waals surface area contributed by atoms with Crippen molar-refractivity contribution in [3.05, 3.63) is 30.3 Å². The van der Waals surface area contributed by atoms with E-state index in [1.54, 1.807) is 0 Å². The van der Waals surface area contributed by atoms with Gasteiger partial charge in [-0.3, -0.25) is 4.79 Å². The highest BCUT2D eigenvalue weighted by Crippen LogP contribution is 2.07. The molecule has 20 heavy (non-hydrogen) atoms. The summed E-state index contributed by atoms with van der Waals surface area (Å²) in [6.07, 6.45) is 0.358. The fourth-order valence-corrected chi connectivity index (χ4v) is 1.40. The lowest BCUT2D eigenvalue weighted by atomic mass is 10.2. The SMILES string of the molecule is CC(=O)CCC(=O)OCCOCCOc1ccccc1. The molecule has 0 radical (unpaired) electrons. The molecule has 0 atom stereocenters. The van der Waals surface area contributed by atoms with Crippen LogP contribution in [0.2, 0.25) is 0 Å². The van der Waals surface area contributed by atoms with Crippen LogP contribution in [-0.2, 0) is 19.1 Å². The van der Waals surface area contributed by atoms with Gasteiger partial charge in [-0.1, -0.05) is 18.2 Å². The van der Waals surface area contributed by atoms with Gasteiger partial charge in [-0.2, -0.15) is 0 Å². The molecule has 0 aliphatic rings. The zero-order chi connectivity index (χ0) is 14.6. The summed E-state index contributed by atoms with van der Waals surface area (Å²) in [6.45, 7) is 2.84. The largest absolute Gasteiger partial charge is 0.491 e.